The minimum atomic E-state index is -0.449. The summed E-state index contributed by atoms with van der Waals surface area (Å²) in [5.41, 5.74) is 2.07. The van der Waals surface area contributed by atoms with E-state index in [-0.39, 0.29) is 23.7 Å². The van der Waals surface area contributed by atoms with Crippen LogP contribution in [0.25, 0.3) is 0 Å². The number of amides is 2. The van der Waals surface area contributed by atoms with Crippen molar-refractivity contribution < 1.29 is 18.8 Å². The van der Waals surface area contributed by atoms with E-state index in [4.69, 9.17) is 0 Å². The quantitative estimate of drug-likeness (QED) is 0.618. The molecule has 0 fully saturated rings. The number of ketones is 1. The fourth-order valence-corrected chi connectivity index (χ4v) is 2.15. The van der Waals surface area contributed by atoms with Crippen LogP contribution in [0.5, 0.6) is 0 Å². The number of Topliss-reactive ketones (excluding diaryl/α,β-unsaturated/α-hetero) is 1. The smallest absolute Gasteiger partial charge is 0.248 e. The fourth-order valence-electron chi connectivity index (χ4n) is 2.15. The maximum atomic E-state index is 12.8. The Morgan fingerprint density at radius 3 is 2.15 bits per heavy atom. The third-order valence-corrected chi connectivity index (χ3v) is 3.63. The van der Waals surface area contributed by atoms with Crippen LogP contribution in [-0.2, 0) is 16.1 Å². The SMILES string of the molecule is CC(=O)c1ccc(NC(=O)/C=C(/C)C(=O)NCc2ccc(F)cc2)cc1. The van der Waals surface area contributed by atoms with Crippen LogP contribution < -0.4 is 10.6 Å². The molecule has 0 bridgehead atoms. The Labute approximate surface area is 150 Å². The Hall–Kier alpha value is -3.28. The molecule has 0 aliphatic heterocycles. The van der Waals surface area contributed by atoms with Crippen molar-refractivity contribution in [1.82, 2.24) is 5.32 Å². The highest BCUT2D eigenvalue weighted by Gasteiger charge is 2.07. The highest BCUT2D eigenvalue weighted by Crippen LogP contribution is 2.10. The monoisotopic (exact) mass is 354 g/mol. The highest BCUT2D eigenvalue weighted by atomic mass is 19.1. The van der Waals surface area contributed by atoms with Gasteiger partial charge in [-0.1, -0.05) is 12.1 Å². The lowest BCUT2D eigenvalue weighted by atomic mass is 10.1. The largest absolute Gasteiger partial charge is 0.348 e. The zero-order chi connectivity index (χ0) is 19.1. The lowest BCUT2D eigenvalue weighted by Crippen LogP contribution is -2.24. The minimum absolute atomic E-state index is 0.0588. The molecule has 6 heteroatoms. The standard InChI is InChI=1S/C20H19FN2O3/c1-13(20(26)22-12-15-3-7-17(21)8-4-15)11-19(25)23-18-9-5-16(6-10-18)14(2)24/h3-11H,12H2,1-2H3,(H,22,26)(H,23,25)/b13-11-. The molecule has 0 aromatic heterocycles. The van der Waals surface area contributed by atoms with Crippen LogP contribution in [0.1, 0.15) is 29.8 Å². The lowest BCUT2D eigenvalue weighted by molar-refractivity contribution is -0.118. The van der Waals surface area contributed by atoms with Gasteiger partial charge in [-0.15, -0.1) is 0 Å². The topological polar surface area (TPSA) is 75.3 Å². The van der Waals surface area contributed by atoms with Crippen molar-refractivity contribution in [2.45, 2.75) is 20.4 Å². The fraction of sp³-hybridized carbons (Fsp3) is 0.150. The van der Waals surface area contributed by atoms with Gasteiger partial charge in [-0.05, 0) is 55.8 Å². The van der Waals surface area contributed by atoms with Crippen LogP contribution in [0.15, 0.2) is 60.2 Å². The molecule has 0 unspecified atom stereocenters. The summed E-state index contributed by atoms with van der Waals surface area (Å²) >= 11 is 0. The molecular weight excluding hydrogens is 335 g/mol. The van der Waals surface area contributed by atoms with E-state index in [1.54, 1.807) is 36.4 Å². The van der Waals surface area contributed by atoms with Crippen molar-refractivity contribution in [3.63, 3.8) is 0 Å². The van der Waals surface area contributed by atoms with Crippen LogP contribution in [0.4, 0.5) is 10.1 Å². The number of benzene rings is 2. The maximum absolute atomic E-state index is 12.8. The molecule has 0 spiro atoms. The molecule has 2 rings (SSSR count). The van der Waals surface area contributed by atoms with E-state index < -0.39 is 11.8 Å². The van der Waals surface area contributed by atoms with E-state index in [0.29, 0.717) is 11.3 Å². The second kappa shape index (κ2) is 8.71. The summed E-state index contributed by atoms with van der Waals surface area (Å²) in [6, 6.07) is 12.2. The predicted molar refractivity (Wildman–Crippen MR) is 97.1 cm³/mol. The van der Waals surface area contributed by atoms with Crippen molar-refractivity contribution in [1.29, 1.82) is 0 Å². The average Bonchev–Trinajstić information content (AvgIpc) is 2.61. The van der Waals surface area contributed by atoms with Crippen molar-refractivity contribution in [3.05, 3.63) is 77.1 Å². The van der Waals surface area contributed by atoms with Gasteiger partial charge in [-0.3, -0.25) is 14.4 Å². The van der Waals surface area contributed by atoms with Crippen molar-refractivity contribution in [2.75, 3.05) is 5.32 Å². The molecule has 26 heavy (non-hydrogen) atoms. The van der Waals surface area contributed by atoms with Gasteiger partial charge in [-0.25, -0.2) is 4.39 Å². The van der Waals surface area contributed by atoms with Gasteiger partial charge in [-0.2, -0.15) is 0 Å². The van der Waals surface area contributed by atoms with Crippen molar-refractivity contribution in [3.8, 4) is 0 Å². The normalized spacial score (nSPS) is 11.0. The zero-order valence-electron chi connectivity index (χ0n) is 14.5. The summed E-state index contributed by atoms with van der Waals surface area (Å²) < 4.78 is 12.8. The second-order valence-corrected chi connectivity index (χ2v) is 5.76. The summed E-state index contributed by atoms with van der Waals surface area (Å²) in [5.74, 6) is -1.24. The van der Waals surface area contributed by atoms with Gasteiger partial charge in [0.25, 0.3) is 0 Å². The number of halogens is 1. The van der Waals surface area contributed by atoms with E-state index in [9.17, 15) is 18.8 Å². The molecule has 0 aliphatic rings. The van der Waals surface area contributed by atoms with Crippen molar-refractivity contribution >= 4 is 23.3 Å². The van der Waals surface area contributed by atoms with Gasteiger partial charge >= 0.3 is 0 Å². The maximum Gasteiger partial charge on any atom is 0.248 e. The molecule has 0 saturated heterocycles. The minimum Gasteiger partial charge on any atom is -0.348 e. The number of hydrogen-bond acceptors (Lipinski definition) is 3. The van der Waals surface area contributed by atoms with E-state index in [1.807, 2.05) is 0 Å². The second-order valence-electron chi connectivity index (χ2n) is 5.76. The molecule has 0 aliphatic carbocycles. The summed E-state index contributed by atoms with van der Waals surface area (Å²) in [4.78, 5) is 35.2. The number of anilines is 1. The first-order valence-electron chi connectivity index (χ1n) is 7.98. The Morgan fingerprint density at radius 2 is 1.58 bits per heavy atom. The van der Waals surface area contributed by atoms with Crippen LogP contribution >= 0.6 is 0 Å². The predicted octanol–water partition coefficient (Wildman–Crippen LogP) is 3.23. The number of hydrogen-bond donors (Lipinski definition) is 2. The molecule has 0 radical (unpaired) electrons. The van der Waals surface area contributed by atoms with E-state index >= 15 is 0 Å². The first-order chi connectivity index (χ1) is 12.3. The number of nitrogens with one attached hydrogen (secondary N) is 2. The van der Waals surface area contributed by atoms with Crippen molar-refractivity contribution in [2.24, 2.45) is 0 Å². The average molecular weight is 354 g/mol. The first-order valence-corrected chi connectivity index (χ1v) is 7.98. The molecule has 5 nitrogen and oxygen atoms in total. The van der Waals surface area contributed by atoms with Gasteiger partial charge in [0.15, 0.2) is 5.78 Å². The molecule has 2 aromatic rings. The van der Waals surface area contributed by atoms with Gasteiger partial charge < -0.3 is 10.6 Å². The van der Waals surface area contributed by atoms with Gasteiger partial charge in [0.05, 0.1) is 0 Å². The van der Waals surface area contributed by atoms with Crippen LogP contribution in [0.3, 0.4) is 0 Å². The van der Waals surface area contributed by atoms with Gasteiger partial charge in [0, 0.05) is 29.4 Å². The Morgan fingerprint density at radius 1 is 0.962 bits per heavy atom. The molecule has 0 heterocycles. The summed E-state index contributed by atoms with van der Waals surface area (Å²) in [5, 5.41) is 5.29. The Bertz CT molecular complexity index is 840. The molecular formula is C20H19FN2O3. The van der Waals surface area contributed by atoms with E-state index in [1.165, 1.54) is 32.1 Å². The Kier molecular flexibility index (Phi) is 6.38. The molecule has 134 valence electrons. The number of rotatable bonds is 6. The van der Waals surface area contributed by atoms with E-state index in [0.717, 1.165) is 5.56 Å². The highest BCUT2D eigenvalue weighted by molar-refractivity contribution is 6.06. The Balaban J connectivity index is 1.90. The third kappa shape index (κ3) is 5.66. The zero-order valence-corrected chi connectivity index (χ0v) is 14.5. The molecule has 2 amide bonds. The molecule has 2 N–H and O–H groups in total. The third-order valence-electron chi connectivity index (χ3n) is 3.63. The van der Waals surface area contributed by atoms with E-state index in [2.05, 4.69) is 10.6 Å². The lowest BCUT2D eigenvalue weighted by Gasteiger charge is -2.07. The summed E-state index contributed by atoms with van der Waals surface area (Å²) in [7, 11) is 0. The van der Waals surface area contributed by atoms with Gasteiger partial charge in [0.2, 0.25) is 11.8 Å². The first kappa shape index (κ1) is 19.1. The van der Waals surface area contributed by atoms with Crippen LogP contribution in [0, 0.1) is 5.82 Å². The summed E-state index contributed by atoms with van der Waals surface area (Å²) in [6.07, 6.45) is 1.19. The molecule has 0 atom stereocenters. The van der Waals surface area contributed by atoms with Crippen LogP contribution in [-0.4, -0.2) is 17.6 Å². The molecule has 0 saturated carbocycles. The summed E-state index contributed by atoms with van der Waals surface area (Å²) in [6.45, 7) is 3.22. The van der Waals surface area contributed by atoms with Crippen LogP contribution in [0.2, 0.25) is 0 Å². The number of carbonyl (C=O) groups is 3. The van der Waals surface area contributed by atoms with Gasteiger partial charge in [0.1, 0.15) is 5.82 Å². The molecule has 2 aromatic carbocycles. The number of carbonyl (C=O) groups excluding carboxylic acids is 3.